The molecule has 0 atom stereocenters. The van der Waals surface area contributed by atoms with Gasteiger partial charge in [-0.25, -0.2) is 9.97 Å². The Morgan fingerprint density at radius 3 is 2.41 bits per heavy atom. The zero-order valence-electron chi connectivity index (χ0n) is 14.3. The molecule has 0 radical (unpaired) electrons. The van der Waals surface area contributed by atoms with Gasteiger partial charge in [0.25, 0.3) is 5.91 Å². The van der Waals surface area contributed by atoms with Crippen LogP contribution in [0, 0.1) is 0 Å². The molecule has 2 N–H and O–H groups in total. The summed E-state index contributed by atoms with van der Waals surface area (Å²) in [5.41, 5.74) is -0.873. The topological polar surface area (TPSA) is 66.9 Å². The van der Waals surface area contributed by atoms with E-state index in [0.29, 0.717) is 0 Å². The summed E-state index contributed by atoms with van der Waals surface area (Å²) in [7, 11) is 0. The molecule has 0 saturated heterocycles. The Kier molecular flexibility index (Phi) is 5.84. The Morgan fingerprint density at radius 2 is 1.78 bits per heavy atom. The fourth-order valence-corrected chi connectivity index (χ4v) is 3.18. The lowest BCUT2D eigenvalue weighted by molar-refractivity contribution is -0.136. The second kappa shape index (κ2) is 8.12. The maximum Gasteiger partial charge on any atom is 0.418 e. The summed E-state index contributed by atoms with van der Waals surface area (Å²) in [6.45, 7) is 0. The number of amides is 1. The molecule has 1 aromatic carbocycles. The van der Waals surface area contributed by atoms with E-state index < -0.39 is 11.7 Å². The van der Waals surface area contributed by atoms with E-state index in [2.05, 4.69) is 20.6 Å². The molecule has 1 aliphatic carbocycles. The molecule has 3 rings (SSSR count). The van der Waals surface area contributed by atoms with E-state index in [4.69, 9.17) is 11.6 Å². The van der Waals surface area contributed by atoms with Crippen molar-refractivity contribution in [3.05, 3.63) is 46.7 Å². The number of carbonyl (C=O) groups excluding carboxylic acids is 1. The minimum atomic E-state index is -4.58. The minimum Gasteiger partial charge on any atom is -0.349 e. The van der Waals surface area contributed by atoms with Crippen molar-refractivity contribution in [2.45, 2.75) is 44.3 Å². The highest BCUT2D eigenvalue weighted by Crippen LogP contribution is 2.37. The van der Waals surface area contributed by atoms with Gasteiger partial charge in [-0.15, -0.1) is 0 Å². The van der Waals surface area contributed by atoms with Gasteiger partial charge in [-0.3, -0.25) is 4.79 Å². The first kappa shape index (κ1) is 19.4. The van der Waals surface area contributed by atoms with Crippen LogP contribution in [0.2, 0.25) is 5.02 Å². The SMILES string of the molecule is O=C(NC1CCCCC1)c1cnc(Nc2ccc(Cl)cc2C(F)(F)F)nc1. The van der Waals surface area contributed by atoms with Crippen LogP contribution >= 0.6 is 11.6 Å². The lowest BCUT2D eigenvalue weighted by Gasteiger charge is -2.22. The van der Waals surface area contributed by atoms with Gasteiger partial charge in [0.15, 0.2) is 0 Å². The van der Waals surface area contributed by atoms with E-state index in [1.54, 1.807) is 0 Å². The van der Waals surface area contributed by atoms with Crippen LogP contribution < -0.4 is 10.6 Å². The highest BCUT2D eigenvalue weighted by atomic mass is 35.5. The maximum absolute atomic E-state index is 13.1. The molecule has 0 spiro atoms. The van der Waals surface area contributed by atoms with Crippen LogP contribution in [-0.4, -0.2) is 21.9 Å². The summed E-state index contributed by atoms with van der Waals surface area (Å²) in [6.07, 6.45) is 3.26. The van der Waals surface area contributed by atoms with Crippen molar-refractivity contribution in [1.29, 1.82) is 0 Å². The van der Waals surface area contributed by atoms with Gasteiger partial charge >= 0.3 is 6.18 Å². The molecule has 5 nitrogen and oxygen atoms in total. The number of nitrogens with one attached hydrogen (secondary N) is 2. The summed E-state index contributed by atoms with van der Waals surface area (Å²) < 4.78 is 39.4. The number of nitrogens with zero attached hydrogens (tertiary/aromatic N) is 2. The predicted molar refractivity (Wildman–Crippen MR) is 96.1 cm³/mol. The number of alkyl halides is 3. The number of aromatic nitrogens is 2. The van der Waals surface area contributed by atoms with E-state index >= 15 is 0 Å². The highest BCUT2D eigenvalue weighted by Gasteiger charge is 2.34. The number of hydrogen-bond acceptors (Lipinski definition) is 4. The maximum atomic E-state index is 13.1. The van der Waals surface area contributed by atoms with Gasteiger partial charge < -0.3 is 10.6 Å². The Hall–Kier alpha value is -2.35. The third kappa shape index (κ3) is 5.09. The number of hydrogen-bond donors (Lipinski definition) is 2. The zero-order valence-corrected chi connectivity index (χ0v) is 15.1. The van der Waals surface area contributed by atoms with E-state index in [1.807, 2.05) is 0 Å². The lowest BCUT2D eigenvalue weighted by atomic mass is 9.95. The van der Waals surface area contributed by atoms with Crippen molar-refractivity contribution in [2.24, 2.45) is 0 Å². The Balaban J connectivity index is 1.70. The first-order valence-corrected chi connectivity index (χ1v) is 8.97. The van der Waals surface area contributed by atoms with Crippen LogP contribution in [0.3, 0.4) is 0 Å². The normalized spacial score (nSPS) is 15.4. The fraction of sp³-hybridized carbons (Fsp3) is 0.389. The van der Waals surface area contributed by atoms with Crippen molar-refractivity contribution in [1.82, 2.24) is 15.3 Å². The standard InChI is InChI=1S/C18H18ClF3N4O/c19-12-6-7-15(14(8-12)18(20,21)22)26-17-23-9-11(10-24-17)16(27)25-13-4-2-1-3-5-13/h6-10,13H,1-5H2,(H,25,27)(H,23,24,26). The largest absolute Gasteiger partial charge is 0.418 e. The molecule has 1 saturated carbocycles. The minimum absolute atomic E-state index is 0.0245. The third-order valence-electron chi connectivity index (χ3n) is 4.39. The Bertz CT molecular complexity index is 805. The number of carbonyl (C=O) groups is 1. The predicted octanol–water partition coefficient (Wildman–Crippen LogP) is 4.95. The first-order chi connectivity index (χ1) is 12.8. The van der Waals surface area contributed by atoms with Gasteiger partial charge in [0.05, 0.1) is 16.8 Å². The molecule has 1 amide bonds. The average molecular weight is 399 g/mol. The molecular weight excluding hydrogens is 381 g/mol. The van der Waals surface area contributed by atoms with E-state index in [-0.39, 0.29) is 34.2 Å². The van der Waals surface area contributed by atoms with Crippen molar-refractivity contribution in [3.8, 4) is 0 Å². The van der Waals surface area contributed by atoms with Crippen molar-refractivity contribution in [3.63, 3.8) is 0 Å². The van der Waals surface area contributed by atoms with Crippen LogP contribution in [0.5, 0.6) is 0 Å². The molecule has 9 heteroatoms. The monoisotopic (exact) mass is 398 g/mol. The lowest BCUT2D eigenvalue weighted by Crippen LogP contribution is -2.36. The van der Waals surface area contributed by atoms with Gasteiger partial charge in [-0.05, 0) is 31.0 Å². The van der Waals surface area contributed by atoms with Crippen molar-refractivity contribution >= 4 is 29.1 Å². The van der Waals surface area contributed by atoms with Crippen molar-refractivity contribution in [2.75, 3.05) is 5.32 Å². The van der Waals surface area contributed by atoms with E-state index in [9.17, 15) is 18.0 Å². The van der Waals surface area contributed by atoms with E-state index in [1.165, 1.54) is 30.9 Å². The van der Waals surface area contributed by atoms with E-state index in [0.717, 1.165) is 31.7 Å². The Labute approximate surface area is 159 Å². The van der Waals surface area contributed by atoms with Crippen LogP contribution in [0.15, 0.2) is 30.6 Å². The molecule has 0 unspecified atom stereocenters. The summed E-state index contributed by atoms with van der Waals surface area (Å²) in [6, 6.07) is 3.52. The second-order valence-electron chi connectivity index (χ2n) is 6.42. The van der Waals surface area contributed by atoms with Gasteiger partial charge in [0.2, 0.25) is 5.95 Å². The number of rotatable bonds is 4. The molecule has 1 heterocycles. The smallest absolute Gasteiger partial charge is 0.349 e. The molecule has 144 valence electrons. The summed E-state index contributed by atoms with van der Waals surface area (Å²) in [5, 5.41) is 5.43. The van der Waals surface area contributed by atoms with Gasteiger partial charge in [-0.2, -0.15) is 13.2 Å². The molecule has 1 aromatic heterocycles. The fourth-order valence-electron chi connectivity index (χ4n) is 3.01. The second-order valence-corrected chi connectivity index (χ2v) is 6.85. The summed E-state index contributed by atoms with van der Waals surface area (Å²) >= 11 is 5.66. The summed E-state index contributed by atoms with van der Waals surface area (Å²) in [4.78, 5) is 20.1. The molecule has 0 bridgehead atoms. The number of halogens is 4. The molecule has 1 aliphatic rings. The highest BCUT2D eigenvalue weighted by molar-refractivity contribution is 6.30. The van der Waals surface area contributed by atoms with Crippen LogP contribution in [0.25, 0.3) is 0 Å². The summed E-state index contributed by atoms with van der Waals surface area (Å²) in [5.74, 6) is -0.326. The number of benzene rings is 1. The number of anilines is 2. The molecule has 2 aromatic rings. The van der Waals surface area contributed by atoms with Gasteiger partial charge in [-0.1, -0.05) is 30.9 Å². The molecular formula is C18H18ClF3N4O. The molecule has 0 aliphatic heterocycles. The van der Waals surface area contributed by atoms with Gasteiger partial charge in [0, 0.05) is 23.5 Å². The Morgan fingerprint density at radius 1 is 1.11 bits per heavy atom. The first-order valence-electron chi connectivity index (χ1n) is 8.59. The van der Waals surface area contributed by atoms with Crippen LogP contribution in [0.4, 0.5) is 24.8 Å². The van der Waals surface area contributed by atoms with Crippen LogP contribution in [-0.2, 0) is 6.18 Å². The zero-order chi connectivity index (χ0) is 19.4. The molecule has 1 fully saturated rings. The van der Waals surface area contributed by atoms with Gasteiger partial charge in [0.1, 0.15) is 0 Å². The quantitative estimate of drug-likeness (QED) is 0.764. The third-order valence-corrected chi connectivity index (χ3v) is 4.62. The molecule has 27 heavy (non-hydrogen) atoms. The average Bonchev–Trinajstić information content (AvgIpc) is 2.64. The van der Waals surface area contributed by atoms with Crippen LogP contribution in [0.1, 0.15) is 48.0 Å². The van der Waals surface area contributed by atoms with Crippen molar-refractivity contribution < 1.29 is 18.0 Å².